The first-order valence-corrected chi connectivity index (χ1v) is 6.06. The third kappa shape index (κ3) is 3.33. The highest BCUT2D eigenvalue weighted by Crippen LogP contribution is 2.38. The van der Waals surface area contributed by atoms with Crippen LogP contribution in [-0.2, 0) is 0 Å². The zero-order valence-electron chi connectivity index (χ0n) is 10.4. The van der Waals surface area contributed by atoms with E-state index in [-0.39, 0.29) is 0 Å². The van der Waals surface area contributed by atoms with Gasteiger partial charge < -0.3 is 0 Å². The highest BCUT2D eigenvalue weighted by molar-refractivity contribution is 4.94. The van der Waals surface area contributed by atoms with Gasteiger partial charge in [-0.2, -0.15) is 5.26 Å². The van der Waals surface area contributed by atoms with Crippen LogP contribution < -0.4 is 0 Å². The summed E-state index contributed by atoms with van der Waals surface area (Å²) in [7, 11) is 0. The molecular formula is C13H25N. The lowest BCUT2D eigenvalue weighted by atomic mass is 9.69. The van der Waals surface area contributed by atoms with Crippen LogP contribution in [0.4, 0.5) is 0 Å². The summed E-state index contributed by atoms with van der Waals surface area (Å²) in [4.78, 5) is 0. The molecule has 0 spiro atoms. The molecule has 1 fully saturated rings. The van der Waals surface area contributed by atoms with Gasteiger partial charge in [0, 0.05) is 0 Å². The Balaban J connectivity index is 0.000000791. The van der Waals surface area contributed by atoms with Crippen molar-refractivity contribution < 1.29 is 0 Å². The molecule has 1 aliphatic rings. The molecule has 0 bridgehead atoms. The molecule has 3 atom stereocenters. The Kier molecular flexibility index (Phi) is 6.62. The van der Waals surface area contributed by atoms with E-state index < -0.39 is 0 Å². The molecule has 3 unspecified atom stereocenters. The number of nitriles is 1. The van der Waals surface area contributed by atoms with E-state index in [1.807, 2.05) is 13.8 Å². The van der Waals surface area contributed by atoms with E-state index in [4.69, 9.17) is 5.26 Å². The summed E-state index contributed by atoms with van der Waals surface area (Å²) in [6.45, 7) is 10.7. The monoisotopic (exact) mass is 195 g/mol. The zero-order valence-corrected chi connectivity index (χ0v) is 10.4. The molecule has 0 aliphatic heterocycles. The third-order valence-corrected chi connectivity index (χ3v) is 3.28. The van der Waals surface area contributed by atoms with E-state index in [1.54, 1.807) is 0 Å². The maximum atomic E-state index is 9.03. The van der Waals surface area contributed by atoms with Gasteiger partial charge in [-0.15, -0.1) is 0 Å². The van der Waals surface area contributed by atoms with E-state index in [0.717, 1.165) is 0 Å². The SMILES string of the molecule is CC.CC(C)C1CCCC(C)C1C#N. The van der Waals surface area contributed by atoms with Gasteiger partial charge in [0.15, 0.2) is 0 Å². The maximum Gasteiger partial charge on any atom is 0.0661 e. The number of hydrogen-bond acceptors (Lipinski definition) is 1. The fourth-order valence-corrected chi connectivity index (χ4v) is 2.43. The quantitative estimate of drug-likeness (QED) is 0.613. The molecule has 1 nitrogen and oxygen atoms in total. The smallest absolute Gasteiger partial charge is 0.0661 e. The van der Waals surface area contributed by atoms with E-state index >= 15 is 0 Å². The molecule has 0 N–H and O–H groups in total. The summed E-state index contributed by atoms with van der Waals surface area (Å²) in [5.41, 5.74) is 0. The molecule has 1 rings (SSSR count). The van der Waals surface area contributed by atoms with Gasteiger partial charge in [0.1, 0.15) is 0 Å². The van der Waals surface area contributed by atoms with Crippen LogP contribution in [0.1, 0.15) is 53.9 Å². The molecule has 0 aromatic heterocycles. The molecule has 0 aromatic carbocycles. The fraction of sp³-hybridized carbons (Fsp3) is 0.923. The van der Waals surface area contributed by atoms with E-state index in [1.165, 1.54) is 19.3 Å². The van der Waals surface area contributed by atoms with Crippen molar-refractivity contribution in [1.82, 2.24) is 0 Å². The highest BCUT2D eigenvalue weighted by atomic mass is 14.4. The topological polar surface area (TPSA) is 23.8 Å². The van der Waals surface area contributed by atoms with Gasteiger partial charge in [0.2, 0.25) is 0 Å². The molecule has 1 heteroatoms. The Morgan fingerprint density at radius 1 is 1.21 bits per heavy atom. The van der Waals surface area contributed by atoms with E-state index in [9.17, 15) is 0 Å². The normalized spacial score (nSPS) is 31.6. The second-order valence-corrected chi connectivity index (χ2v) is 4.47. The second-order valence-electron chi connectivity index (χ2n) is 4.47. The van der Waals surface area contributed by atoms with Crippen molar-refractivity contribution in [2.75, 3.05) is 0 Å². The van der Waals surface area contributed by atoms with Crippen LogP contribution in [-0.4, -0.2) is 0 Å². The van der Waals surface area contributed by atoms with Crippen molar-refractivity contribution in [3.05, 3.63) is 0 Å². The van der Waals surface area contributed by atoms with Crippen molar-refractivity contribution in [2.45, 2.75) is 53.9 Å². The summed E-state index contributed by atoms with van der Waals surface area (Å²) in [6.07, 6.45) is 3.84. The summed E-state index contributed by atoms with van der Waals surface area (Å²) >= 11 is 0. The van der Waals surface area contributed by atoms with E-state index in [2.05, 4.69) is 26.8 Å². The molecule has 0 amide bonds. The molecule has 14 heavy (non-hydrogen) atoms. The van der Waals surface area contributed by atoms with Gasteiger partial charge in [0.05, 0.1) is 12.0 Å². The van der Waals surface area contributed by atoms with E-state index in [0.29, 0.717) is 23.7 Å². The first-order valence-electron chi connectivity index (χ1n) is 6.06. The Morgan fingerprint density at radius 2 is 1.79 bits per heavy atom. The fourth-order valence-electron chi connectivity index (χ4n) is 2.43. The Hall–Kier alpha value is -0.510. The Morgan fingerprint density at radius 3 is 2.14 bits per heavy atom. The molecule has 0 heterocycles. The zero-order chi connectivity index (χ0) is 11.1. The van der Waals surface area contributed by atoms with Crippen LogP contribution in [0.15, 0.2) is 0 Å². The summed E-state index contributed by atoms with van der Waals surface area (Å²) < 4.78 is 0. The minimum atomic E-state index is 0.318. The summed E-state index contributed by atoms with van der Waals surface area (Å²) in [5, 5.41) is 9.03. The molecular weight excluding hydrogens is 170 g/mol. The van der Waals surface area contributed by atoms with Crippen LogP contribution >= 0.6 is 0 Å². The first kappa shape index (κ1) is 13.5. The maximum absolute atomic E-state index is 9.03. The van der Waals surface area contributed by atoms with Crippen LogP contribution in [0.5, 0.6) is 0 Å². The Labute approximate surface area is 89.5 Å². The average molecular weight is 195 g/mol. The summed E-state index contributed by atoms with van der Waals surface area (Å²) in [5.74, 6) is 2.27. The lowest BCUT2D eigenvalue weighted by molar-refractivity contribution is 0.167. The predicted molar refractivity (Wildman–Crippen MR) is 61.8 cm³/mol. The third-order valence-electron chi connectivity index (χ3n) is 3.28. The van der Waals surface area contributed by atoms with Gasteiger partial charge in [0.25, 0.3) is 0 Å². The van der Waals surface area contributed by atoms with Crippen molar-refractivity contribution in [3.8, 4) is 6.07 Å². The molecule has 0 aromatic rings. The van der Waals surface area contributed by atoms with Gasteiger partial charge in [-0.3, -0.25) is 0 Å². The lowest BCUT2D eigenvalue weighted by Crippen LogP contribution is -2.28. The average Bonchev–Trinajstić information content (AvgIpc) is 2.20. The van der Waals surface area contributed by atoms with Crippen molar-refractivity contribution >= 4 is 0 Å². The highest BCUT2D eigenvalue weighted by Gasteiger charge is 2.32. The second kappa shape index (κ2) is 6.87. The van der Waals surface area contributed by atoms with Gasteiger partial charge in [-0.1, -0.05) is 41.0 Å². The van der Waals surface area contributed by atoms with Crippen LogP contribution in [0.25, 0.3) is 0 Å². The molecule has 82 valence electrons. The molecule has 0 saturated heterocycles. The van der Waals surface area contributed by atoms with Crippen LogP contribution in [0.3, 0.4) is 0 Å². The van der Waals surface area contributed by atoms with Crippen molar-refractivity contribution in [2.24, 2.45) is 23.7 Å². The predicted octanol–water partition coefficient (Wildman–Crippen LogP) is 4.24. The minimum absolute atomic E-state index is 0.318. The molecule has 0 radical (unpaired) electrons. The first-order chi connectivity index (χ1) is 6.66. The number of hydrogen-bond donors (Lipinski definition) is 0. The largest absolute Gasteiger partial charge is 0.198 e. The van der Waals surface area contributed by atoms with Gasteiger partial charge in [-0.05, 0) is 30.6 Å². The standard InChI is InChI=1S/C11H19N.C2H6/c1-8(2)10-6-4-5-9(3)11(10)7-12;1-2/h8-11H,4-6H2,1-3H3;1-2H3. The molecule has 1 aliphatic carbocycles. The van der Waals surface area contributed by atoms with Crippen molar-refractivity contribution in [1.29, 1.82) is 5.26 Å². The number of nitrogens with zero attached hydrogens (tertiary/aromatic N) is 1. The van der Waals surface area contributed by atoms with Gasteiger partial charge in [-0.25, -0.2) is 0 Å². The number of rotatable bonds is 1. The minimum Gasteiger partial charge on any atom is -0.198 e. The van der Waals surface area contributed by atoms with Gasteiger partial charge >= 0.3 is 0 Å². The van der Waals surface area contributed by atoms with Crippen molar-refractivity contribution in [3.63, 3.8) is 0 Å². The molecule has 1 saturated carbocycles. The Bertz CT molecular complexity index is 178. The lowest BCUT2D eigenvalue weighted by Gasteiger charge is -2.34. The summed E-state index contributed by atoms with van der Waals surface area (Å²) in [6, 6.07) is 2.49. The van der Waals surface area contributed by atoms with Crippen LogP contribution in [0.2, 0.25) is 0 Å². The van der Waals surface area contributed by atoms with Crippen LogP contribution in [0, 0.1) is 35.0 Å².